The van der Waals surface area contributed by atoms with Crippen molar-refractivity contribution in [3.8, 4) is 0 Å². The zero-order valence-electron chi connectivity index (χ0n) is 14.9. The number of urea groups is 1. The van der Waals surface area contributed by atoms with Gasteiger partial charge in [-0.05, 0) is 58.6 Å². The Labute approximate surface area is 139 Å². The number of furan rings is 1. The van der Waals surface area contributed by atoms with Crippen LogP contribution in [0.3, 0.4) is 0 Å². The minimum atomic E-state index is -0.0994. The summed E-state index contributed by atoms with van der Waals surface area (Å²) >= 11 is 0. The highest BCUT2D eigenvalue weighted by Gasteiger charge is 2.29. The molecule has 0 aromatic carbocycles. The maximum absolute atomic E-state index is 12.4. The van der Waals surface area contributed by atoms with Gasteiger partial charge in [0, 0.05) is 32.7 Å². The standard InChI is InChI=1S/C18H30N2O3/c1-14(6-8-16-9-7-15(2)23-16)19-17(21)20-12-5-10-18(3,22-4)11-13-20/h7,9,14H,5-6,8,10-13H2,1-4H3,(H,19,21)/t14-,18-/m1/s1. The van der Waals surface area contributed by atoms with E-state index in [4.69, 9.17) is 9.15 Å². The Morgan fingerprint density at radius 1 is 1.43 bits per heavy atom. The summed E-state index contributed by atoms with van der Waals surface area (Å²) in [5, 5.41) is 3.10. The molecule has 1 aromatic heterocycles. The fourth-order valence-electron chi connectivity index (χ4n) is 3.01. The van der Waals surface area contributed by atoms with E-state index in [2.05, 4.69) is 12.2 Å². The summed E-state index contributed by atoms with van der Waals surface area (Å²) in [6.45, 7) is 7.67. The van der Waals surface area contributed by atoms with Gasteiger partial charge in [0.1, 0.15) is 11.5 Å². The number of methoxy groups -OCH3 is 1. The predicted octanol–water partition coefficient (Wildman–Crippen LogP) is 3.51. The van der Waals surface area contributed by atoms with E-state index < -0.39 is 0 Å². The van der Waals surface area contributed by atoms with Gasteiger partial charge in [0.05, 0.1) is 5.60 Å². The third-order valence-electron chi connectivity index (χ3n) is 4.81. The normalized spacial score (nSPS) is 23.4. The van der Waals surface area contributed by atoms with Crippen molar-refractivity contribution < 1.29 is 13.9 Å². The first-order chi connectivity index (χ1) is 10.9. The van der Waals surface area contributed by atoms with Gasteiger partial charge in [0.25, 0.3) is 0 Å². The fourth-order valence-corrected chi connectivity index (χ4v) is 3.01. The van der Waals surface area contributed by atoms with Crippen LogP contribution in [0.2, 0.25) is 0 Å². The number of nitrogens with one attached hydrogen (secondary N) is 1. The number of hydrogen-bond acceptors (Lipinski definition) is 3. The largest absolute Gasteiger partial charge is 0.466 e. The number of nitrogens with zero attached hydrogens (tertiary/aromatic N) is 1. The Kier molecular flexibility index (Phi) is 6.10. The molecule has 2 rings (SSSR count). The molecule has 2 heterocycles. The number of aryl methyl sites for hydroxylation is 2. The maximum atomic E-state index is 12.4. The molecule has 2 atom stereocenters. The second kappa shape index (κ2) is 7.86. The zero-order valence-corrected chi connectivity index (χ0v) is 14.9. The minimum absolute atomic E-state index is 0.0356. The molecule has 0 bridgehead atoms. The lowest BCUT2D eigenvalue weighted by Gasteiger charge is -2.27. The van der Waals surface area contributed by atoms with Crippen LogP contribution >= 0.6 is 0 Å². The Morgan fingerprint density at radius 3 is 2.87 bits per heavy atom. The first-order valence-corrected chi connectivity index (χ1v) is 8.58. The highest BCUT2D eigenvalue weighted by Crippen LogP contribution is 2.25. The second-order valence-electron chi connectivity index (χ2n) is 6.90. The average Bonchev–Trinajstić information content (AvgIpc) is 2.83. The van der Waals surface area contributed by atoms with Crippen molar-refractivity contribution in [2.45, 2.75) is 64.5 Å². The lowest BCUT2D eigenvalue weighted by atomic mass is 9.97. The molecule has 1 aliphatic heterocycles. The average molecular weight is 322 g/mol. The summed E-state index contributed by atoms with van der Waals surface area (Å²) in [5.74, 6) is 1.91. The summed E-state index contributed by atoms with van der Waals surface area (Å²) in [6.07, 6.45) is 4.59. The Balaban J connectivity index is 1.76. The predicted molar refractivity (Wildman–Crippen MR) is 90.6 cm³/mol. The number of ether oxygens (including phenoxy) is 1. The molecule has 0 aliphatic carbocycles. The minimum Gasteiger partial charge on any atom is -0.466 e. The Morgan fingerprint density at radius 2 is 2.22 bits per heavy atom. The third-order valence-corrected chi connectivity index (χ3v) is 4.81. The molecule has 1 saturated heterocycles. The molecule has 1 aliphatic rings. The molecule has 1 aromatic rings. The maximum Gasteiger partial charge on any atom is 0.317 e. The van der Waals surface area contributed by atoms with Gasteiger partial charge < -0.3 is 19.4 Å². The summed E-state index contributed by atoms with van der Waals surface area (Å²) in [5.41, 5.74) is -0.0994. The van der Waals surface area contributed by atoms with E-state index in [-0.39, 0.29) is 17.7 Å². The summed E-state index contributed by atoms with van der Waals surface area (Å²) in [6, 6.07) is 4.14. The molecule has 130 valence electrons. The molecule has 5 heteroatoms. The Bertz CT molecular complexity index is 514. The van der Waals surface area contributed by atoms with Crippen LogP contribution in [0.25, 0.3) is 0 Å². The molecular weight excluding hydrogens is 292 g/mol. The SMILES string of the molecule is CO[C@]1(C)CCCN(C(=O)N[C@H](C)CCc2ccc(C)o2)CC1. The van der Waals surface area contributed by atoms with E-state index in [1.54, 1.807) is 7.11 Å². The fraction of sp³-hybridized carbons (Fsp3) is 0.722. The van der Waals surface area contributed by atoms with Crippen molar-refractivity contribution in [3.05, 3.63) is 23.7 Å². The van der Waals surface area contributed by atoms with E-state index in [0.29, 0.717) is 0 Å². The van der Waals surface area contributed by atoms with Gasteiger partial charge in [-0.1, -0.05) is 0 Å². The van der Waals surface area contributed by atoms with Gasteiger partial charge in [-0.3, -0.25) is 0 Å². The van der Waals surface area contributed by atoms with E-state index in [1.807, 2.05) is 30.9 Å². The van der Waals surface area contributed by atoms with E-state index in [9.17, 15) is 4.79 Å². The number of rotatable bonds is 5. The lowest BCUT2D eigenvalue weighted by molar-refractivity contribution is -0.00500. The third kappa shape index (κ3) is 5.27. The van der Waals surface area contributed by atoms with Crippen LogP contribution in [0.1, 0.15) is 51.1 Å². The van der Waals surface area contributed by atoms with Crippen LogP contribution in [0.5, 0.6) is 0 Å². The van der Waals surface area contributed by atoms with Crippen LogP contribution in [0.15, 0.2) is 16.5 Å². The van der Waals surface area contributed by atoms with Crippen molar-refractivity contribution in [1.82, 2.24) is 10.2 Å². The van der Waals surface area contributed by atoms with Gasteiger partial charge >= 0.3 is 6.03 Å². The Hall–Kier alpha value is -1.49. The molecule has 5 nitrogen and oxygen atoms in total. The highest BCUT2D eigenvalue weighted by molar-refractivity contribution is 5.74. The monoisotopic (exact) mass is 322 g/mol. The molecule has 0 saturated carbocycles. The van der Waals surface area contributed by atoms with Gasteiger partial charge in [0.15, 0.2) is 0 Å². The molecule has 1 fully saturated rings. The number of carbonyl (C=O) groups is 1. The van der Waals surface area contributed by atoms with Gasteiger partial charge in [-0.2, -0.15) is 0 Å². The molecule has 23 heavy (non-hydrogen) atoms. The summed E-state index contributed by atoms with van der Waals surface area (Å²) in [7, 11) is 1.76. The molecule has 0 unspecified atom stereocenters. The molecule has 0 radical (unpaired) electrons. The first-order valence-electron chi connectivity index (χ1n) is 8.58. The number of likely N-dealkylation sites (tertiary alicyclic amines) is 1. The van der Waals surface area contributed by atoms with Crippen LogP contribution < -0.4 is 5.32 Å². The highest BCUT2D eigenvalue weighted by atomic mass is 16.5. The van der Waals surface area contributed by atoms with Crippen molar-refractivity contribution in [3.63, 3.8) is 0 Å². The quantitative estimate of drug-likeness (QED) is 0.902. The summed E-state index contributed by atoms with van der Waals surface area (Å²) < 4.78 is 11.2. The van der Waals surface area contributed by atoms with Gasteiger partial charge in [-0.15, -0.1) is 0 Å². The lowest BCUT2D eigenvalue weighted by Crippen LogP contribution is -2.44. The van der Waals surface area contributed by atoms with Crippen molar-refractivity contribution in [1.29, 1.82) is 0 Å². The smallest absolute Gasteiger partial charge is 0.317 e. The van der Waals surface area contributed by atoms with E-state index >= 15 is 0 Å². The van der Waals surface area contributed by atoms with Gasteiger partial charge in [0.2, 0.25) is 0 Å². The number of amides is 2. The molecule has 1 N–H and O–H groups in total. The topological polar surface area (TPSA) is 54.7 Å². The van der Waals surface area contributed by atoms with Crippen molar-refractivity contribution >= 4 is 6.03 Å². The van der Waals surface area contributed by atoms with Crippen LogP contribution in [-0.2, 0) is 11.2 Å². The van der Waals surface area contributed by atoms with Crippen LogP contribution in [0.4, 0.5) is 4.79 Å². The van der Waals surface area contributed by atoms with Crippen molar-refractivity contribution in [2.75, 3.05) is 20.2 Å². The molecular formula is C18H30N2O3. The van der Waals surface area contributed by atoms with Gasteiger partial charge in [-0.25, -0.2) is 4.79 Å². The van der Waals surface area contributed by atoms with E-state index in [1.165, 1.54) is 0 Å². The second-order valence-corrected chi connectivity index (χ2v) is 6.90. The van der Waals surface area contributed by atoms with Crippen LogP contribution in [-0.4, -0.2) is 42.8 Å². The molecule has 2 amide bonds. The van der Waals surface area contributed by atoms with E-state index in [0.717, 1.165) is 56.7 Å². The molecule has 0 spiro atoms. The first kappa shape index (κ1) is 17.9. The summed E-state index contributed by atoms with van der Waals surface area (Å²) in [4.78, 5) is 14.3. The van der Waals surface area contributed by atoms with Crippen LogP contribution in [0, 0.1) is 6.92 Å². The number of hydrogen-bond donors (Lipinski definition) is 1. The number of carbonyl (C=O) groups excluding carboxylic acids is 1. The van der Waals surface area contributed by atoms with Crippen molar-refractivity contribution in [2.24, 2.45) is 0 Å². The zero-order chi connectivity index (χ0) is 16.9.